The first-order valence-corrected chi connectivity index (χ1v) is 10.7. The summed E-state index contributed by atoms with van der Waals surface area (Å²) in [6, 6.07) is 21.4. The van der Waals surface area contributed by atoms with Gasteiger partial charge in [-0.1, -0.05) is 65.7 Å². The molecular formula is C24H22Cl2N2O4. The number of hydrogen-bond donors (Lipinski definition) is 2. The molecular weight excluding hydrogens is 451 g/mol. The van der Waals surface area contributed by atoms with Crippen LogP contribution in [0.5, 0.6) is 11.5 Å². The summed E-state index contributed by atoms with van der Waals surface area (Å²) in [5.74, 6) is -0.327. The SMILES string of the molecule is CC(Oc1ccc(Cl)cc1Cl)C(=O)NNC(=O)c1ccccc1OCCc1ccccc1. The second-order valence-corrected chi connectivity index (χ2v) is 7.70. The summed E-state index contributed by atoms with van der Waals surface area (Å²) >= 11 is 11.9. The Labute approximate surface area is 196 Å². The third-order valence-electron chi connectivity index (χ3n) is 4.49. The Bertz CT molecular complexity index is 1080. The molecule has 2 amide bonds. The lowest BCUT2D eigenvalue weighted by Crippen LogP contribution is -2.47. The van der Waals surface area contributed by atoms with Crippen LogP contribution in [0.1, 0.15) is 22.8 Å². The number of rotatable bonds is 8. The van der Waals surface area contributed by atoms with Crippen molar-refractivity contribution in [1.29, 1.82) is 0 Å². The predicted molar refractivity (Wildman–Crippen MR) is 124 cm³/mol. The van der Waals surface area contributed by atoms with Gasteiger partial charge in [-0.15, -0.1) is 0 Å². The summed E-state index contributed by atoms with van der Waals surface area (Å²) in [6.45, 7) is 1.94. The highest BCUT2D eigenvalue weighted by Crippen LogP contribution is 2.28. The van der Waals surface area contributed by atoms with Crippen LogP contribution in [0.4, 0.5) is 0 Å². The number of halogens is 2. The zero-order valence-corrected chi connectivity index (χ0v) is 18.8. The first-order valence-electron chi connectivity index (χ1n) is 9.91. The van der Waals surface area contributed by atoms with Crippen molar-refractivity contribution >= 4 is 35.0 Å². The standard InChI is InChI=1S/C24H22Cl2N2O4/c1-16(32-22-12-11-18(25)15-20(22)26)23(29)27-28-24(30)19-9-5-6-10-21(19)31-14-13-17-7-3-2-4-8-17/h2-12,15-16H,13-14H2,1H3,(H,27,29)(H,28,30). The lowest BCUT2D eigenvalue weighted by Gasteiger charge is -2.17. The van der Waals surface area contributed by atoms with Gasteiger partial charge in [0.2, 0.25) is 0 Å². The average molecular weight is 473 g/mol. The fourth-order valence-electron chi connectivity index (χ4n) is 2.81. The number of hydrazine groups is 1. The van der Waals surface area contributed by atoms with Gasteiger partial charge >= 0.3 is 0 Å². The first kappa shape index (κ1) is 23.4. The van der Waals surface area contributed by atoms with E-state index in [-0.39, 0.29) is 5.02 Å². The van der Waals surface area contributed by atoms with Crippen molar-refractivity contribution in [1.82, 2.24) is 10.9 Å². The number of carbonyl (C=O) groups excluding carboxylic acids is 2. The van der Waals surface area contributed by atoms with E-state index in [1.165, 1.54) is 13.0 Å². The lowest BCUT2D eigenvalue weighted by atomic mass is 10.1. The monoisotopic (exact) mass is 472 g/mol. The number of ether oxygens (including phenoxy) is 2. The van der Waals surface area contributed by atoms with Crippen LogP contribution in [0.25, 0.3) is 0 Å². The molecule has 0 fully saturated rings. The van der Waals surface area contributed by atoms with Gasteiger partial charge in [-0.05, 0) is 42.8 Å². The van der Waals surface area contributed by atoms with Gasteiger partial charge in [-0.3, -0.25) is 20.4 Å². The highest BCUT2D eigenvalue weighted by Gasteiger charge is 2.18. The van der Waals surface area contributed by atoms with Crippen molar-refractivity contribution in [2.24, 2.45) is 0 Å². The summed E-state index contributed by atoms with van der Waals surface area (Å²) in [4.78, 5) is 24.9. The second-order valence-electron chi connectivity index (χ2n) is 6.86. The molecule has 1 unspecified atom stereocenters. The van der Waals surface area contributed by atoms with E-state index in [1.807, 2.05) is 30.3 Å². The van der Waals surface area contributed by atoms with E-state index >= 15 is 0 Å². The summed E-state index contributed by atoms with van der Waals surface area (Å²) < 4.78 is 11.3. The van der Waals surface area contributed by atoms with Gasteiger partial charge in [0.05, 0.1) is 17.2 Å². The number of hydrogen-bond acceptors (Lipinski definition) is 4. The van der Waals surface area contributed by atoms with Crippen LogP contribution in [0.2, 0.25) is 10.0 Å². The van der Waals surface area contributed by atoms with E-state index in [0.29, 0.717) is 35.1 Å². The number of amides is 2. The van der Waals surface area contributed by atoms with Crippen molar-refractivity contribution in [2.45, 2.75) is 19.4 Å². The van der Waals surface area contributed by atoms with Gasteiger partial charge in [0.15, 0.2) is 6.10 Å². The van der Waals surface area contributed by atoms with Crippen LogP contribution in [-0.2, 0) is 11.2 Å². The predicted octanol–water partition coefficient (Wildman–Crippen LogP) is 4.84. The van der Waals surface area contributed by atoms with Gasteiger partial charge in [-0.2, -0.15) is 0 Å². The van der Waals surface area contributed by atoms with Crippen LogP contribution >= 0.6 is 23.2 Å². The smallest absolute Gasteiger partial charge is 0.279 e. The second kappa shape index (κ2) is 11.4. The van der Waals surface area contributed by atoms with Crippen molar-refractivity contribution in [3.05, 3.63) is 94.0 Å². The average Bonchev–Trinajstić information content (AvgIpc) is 2.80. The topological polar surface area (TPSA) is 76.7 Å². The van der Waals surface area contributed by atoms with Crippen LogP contribution in [0.15, 0.2) is 72.8 Å². The summed E-state index contributed by atoms with van der Waals surface area (Å²) in [5.41, 5.74) is 6.17. The Hall–Kier alpha value is -3.22. The summed E-state index contributed by atoms with van der Waals surface area (Å²) in [6.07, 6.45) is -0.207. The zero-order chi connectivity index (χ0) is 22.9. The quantitative estimate of drug-likeness (QED) is 0.459. The number of para-hydroxylation sites is 1. The van der Waals surface area contributed by atoms with E-state index in [9.17, 15) is 9.59 Å². The van der Waals surface area contributed by atoms with Crippen molar-refractivity contribution in [3.63, 3.8) is 0 Å². The molecule has 0 saturated heterocycles. The van der Waals surface area contributed by atoms with Gasteiger partial charge in [0.1, 0.15) is 11.5 Å². The van der Waals surface area contributed by atoms with Crippen molar-refractivity contribution < 1.29 is 19.1 Å². The lowest BCUT2D eigenvalue weighted by molar-refractivity contribution is -0.128. The van der Waals surface area contributed by atoms with Crippen LogP contribution < -0.4 is 20.3 Å². The highest BCUT2D eigenvalue weighted by molar-refractivity contribution is 6.35. The number of benzene rings is 3. The van der Waals surface area contributed by atoms with Crippen LogP contribution in [0, 0.1) is 0 Å². The summed E-state index contributed by atoms with van der Waals surface area (Å²) in [7, 11) is 0. The Morgan fingerprint density at radius 3 is 2.38 bits per heavy atom. The van der Waals surface area contributed by atoms with Crippen LogP contribution in [0.3, 0.4) is 0 Å². The normalized spacial score (nSPS) is 11.3. The zero-order valence-electron chi connectivity index (χ0n) is 17.3. The molecule has 0 aliphatic heterocycles. The highest BCUT2D eigenvalue weighted by atomic mass is 35.5. The van der Waals surface area contributed by atoms with Gasteiger partial charge in [-0.25, -0.2) is 0 Å². The molecule has 0 spiro atoms. The molecule has 0 radical (unpaired) electrons. The fraction of sp³-hybridized carbons (Fsp3) is 0.167. The third-order valence-corrected chi connectivity index (χ3v) is 5.02. The van der Waals surface area contributed by atoms with Gasteiger partial charge < -0.3 is 9.47 Å². The number of nitrogens with one attached hydrogen (secondary N) is 2. The third kappa shape index (κ3) is 6.64. The Morgan fingerprint density at radius 2 is 1.62 bits per heavy atom. The Balaban J connectivity index is 1.53. The molecule has 0 aliphatic carbocycles. The summed E-state index contributed by atoms with van der Waals surface area (Å²) in [5, 5.41) is 0.735. The molecule has 2 N–H and O–H groups in total. The van der Waals surface area contributed by atoms with E-state index in [2.05, 4.69) is 10.9 Å². The maximum Gasteiger partial charge on any atom is 0.279 e. The van der Waals surface area contributed by atoms with E-state index < -0.39 is 17.9 Å². The minimum absolute atomic E-state index is 0.280. The Kier molecular flexibility index (Phi) is 8.36. The molecule has 8 heteroatoms. The van der Waals surface area contributed by atoms with Gasteiger partial charge in [0, 0.05) is 11.4 Å². The molecule has 1 atom stereocenters. The molecule has 0 bridgehead atoms. The van der Waals surface area contributed by atoms with E-state index in [0.717, 1.165) is 5.56 Å². The molecule has 0 heterocycles. The molecule has 6 nitrogen and oxygen atoms in total. The van der Waals surface area contributed by atoms with E-state index in [4.69, 9.17) is 32.7 Å². The molecule has 32 heavy (non-hydrogen) atoms. The van der Waals surface area contributed by atoms with Crippen LogP contribution in [-0.4, -0.2) is 24.5 Å². The molecule has 0 aromatic heterocycles. The van der Waals surface area contributed by atoms with E-state index in [1.54, 1.807) is 36.4 Å². The maximum absolute atomic E-state index is 12.6. The van der Waals surface area contributed by atoms with Gasteiger partial charge in [0.25, 0.3) is 11.8 Å². The fourth-order valence-corrected chi connectivity index (χ4v) is 3.26. The Morgan fingerprint density at radius 1 is 0.906 bits per heavy atom. The van der Waals surface area contributed by atoms with Crippen molar-refractivity contribution in [3.8, 4) is 11.5 Å². The molecule has 166 valence electrons. The molecule has 3 rings (SSSR count). The largest absolute Gasteiger partial charge is 0.492 e. The first-order chi connectivity index (χ1) is 15.4. The minimum Gasteiger partial charge on any atom is -0.492 e. The van der Waals surface area contributed by atoms with Crippen molar-refractivity contribution in [2.75, 3.05) is 6.61 Å². The molecule has 0 saturated carbocycles. The maximum atomic E-state index is 12.6. The molecule has 3 aromatic rings. The number of carbonyl (C=O) groups is 2. The minimum atomic E-state index is -0.911. The molecule has 3 aromatic carbocycles. The molecule has 0 aliphatic rings.